The zero-order valence-electron chi connectivity index (χ0n) is 12.5. The van der Waals surface area contributed by atoms with E-state index in [4.69, 9.17) is 0 Å². The minimum atomic E-state index is 0.0688. The maximum atomic E-state index is 12.4. The lowest BCUT2D eigenvalue weighted by Crippen LogP contribution is -2.35. The highest BCUT2D eigenvalue weighted by Gasteiger charge is 2.27. The van der Waals surface area contributed by atoms with Crippen molar-refractivity contribution in [1.29, 1.82) is 0 Å². The molecular weight excluding hydrogens is 334 g/mol. The van der Waals surface area contributed by atoms with Crippen LogP contribution in [-0.2, 0) is 11.2 Å². The fraction of sp³-hybridized carbons (Fsp3) is 0.688. The topological polar surface area (TPSA) is 29.1 Å². The van der Waals surface area contributed by atoms with Crippen LogP contribution in [0.25, 0.3) is 0 Å². The van der Waals surface area contributed by atoms with E-state index < -0.39 is 0 Å². The summed E-state index contributed by atoms with van der Waals surface area (Å²) in [6.07, 6.45) is 4.32. The van der Waals surface area contributed by atoms with Crippen molar-refractivity contribution in [2.45, 2.75) is 57.2 Å². The lowest BCUT2D eigenvalue weighted by Gasteiger charge is -2.25. The predicted octanol–water partition coefficient (Wildman–Crippen LogP) is 4.48. The van der Waals surface area contributed by atoms with Gasteiger partial charge in [0, 0.05) is 16.2 Å². The first-order valence-corrected chi connectivity index (χ1v) is 9.14. The lowest BCUT2D eigenvalue weighted by atomic mass is 9.87. The van der Waals surface area contributed by atoms with Crippen LogP contribution in [-0.4, -0.2) is 17.3 Å². The average molecular weight is 358 g/mol. The highest BCUT2D eigenvalue weighted by atomic mass is 79.9. The molecule has 0 aliphatic heterocycles. The molecule has 2 unspecified atom stereocenters. The monoisotopic (exact) mass is 357 g/mol. The molecule has 0 aromatic carbocycles. The van der Waals surface area contributed by atoms with Crippen LogP contribution in [0.1, 0.15) is 56.4 Å². The van der Waals surface area contributed by atoms with E-state index in [1.807, 2.05) is 0 Å². The molecule has 1 aliphatic carbocycles. The van der Waals surface area contributed by atoms with Gasteiger partial charge in [-0.15, -0.1) is 11.3 Å². The Labute approximate surface area is 134 Å². The minimum Gasteiger partial charge on any atom is -0.354 e. The Morgan fingerprint density at radius 3 is 3.00 bits per heavy atom. The van der Waals surface area contributed by atoms with Crippen LogP contribution in [0.2, 0.25) is 0 Å². The Balaban J connectivity index is 1.88. The van der Waals surface area contributed by atoms with Gasteiger partial charge in [0.05, 0.1) is 5.92 Å². The summed E-state index contributed by atoms with van der Waals surface area (Å²) in [6.45, 7) is 7.39. The molecule has 1 amide bonds. The molecule has 0 bridgehead atoms. The molecule has 0 saturated heterocycles. The highest BCUT2D eigenvalue weighted by molar-refractivity contribution is 9.09. The van der Waals surface area contributed by atoms with Crippen LogP contribution in [0.15, 0.2) is 11.4 Å². The summed E-state index contributed by atoms with van der Waals surface area (Å²) in [4.78, 5) is 14.2. The van der Waals surface area contributed by atoms with Crippen LogP contribution in [0, 0.1) is 5.41 Å². The van der Waals surface area contributed by atoms with Gasteiger partial charge in [0.2, 0.25) is 5.91 Å². The number of thiophene rings is 1. The number of aryl methyl sites for hydroxylation is 1. The SMILES string of the molecule is CC(C)(C)CC(Br)CNC(=O)C1CCCc2sccc21. The van der Waals surface area contributed by atoms with Crippen molar-refractivity contribution in [3.05, 3.63) is 21.9 Å². The minimum absolute atomic E-state index is 0.0688. The van der Waals surface area contributed by atoms with Crippen molar-refractivity contribution >= 4 is 33.2 Å². The first kappa shape index (κ1) is 16.0. The van der Waals surface area contributed by atoms with Gasteiger partial charge in [0.1, 0.15) is 0 Å². The van der Waals surface area contributed by atoms with Gasteiger partial charge in [-0.3, -0.25) is 4.79 Å². The maximum absolute atomic E-state index is 12.4. The van der Waals surface area contributed by atoms with Crippen molar-refractivity contribution in [3.63, 3.8) is 0 Å². The van der Waals surface area contributed by atoms with E-state index in [1.54, 1.807) is 11.3 Å². The molecule has 1 aliphatic rings. The van der Waals surface area contributed by atoms with Crippen LogP contribution in [0.3, 0.4) is 0 Å². The summed E-state index contributed by atoms with van der Waals surface area (Å²) in [5, 5.41) is 5.24. The Morgan fingerprint density at radius 2 is 2.30 bits per heavy atom. The normalized spacial score (nSPS) is 20.3. The van der Waals surface area contributed by atoms with E-state index in [2.05, 4.69) is 53.5 Å². The molecule has 4 heteroatoms. The molecule has 112 valence electrons. The smallest absolute Gasteiger partial charge is 0.227 e. The van der Waals surface area contributed by atoms with E-state index >= 15 is 0 Å². The second-order valence-electron chi connectivity index (χ2n) is 6.85. The van der Waals surface area contributed by atoms with E-state index in [-0.39, 0.29) is 17.2 Å². The predicted molar refractivity (Wildman–Crippen MR) is 89.8 cm³/mol. The standard InChI is InChI=1S/C16H24BrNOS/c1-16(2,3)9-11(17)10-18-15(19)13-5-4-6-14-12(13)7-8-20-14/h7-8,11,13H,4-6,9-10H2,1-3H3,(H,18,19). The second kappa shape index (κ2) is 6.61. The van der Waals surface area contributed by atoms with Crippen molar-refractivity contribution < 1.29 is 4.79 Å². The largest absolute Gasteiger partial charge is 0.354 e. The summed E-state index contributed by atoms with van der Waals surface area (Å²) in [6, 6.07) is 2.13. The Kier molecular flexibility index (Phi) is 5.30. The molecule has 0 radical (unpaired) electrons. The van der Waals surface area contributed by atoms with Gasteiger partial charge in [0.15, 0.2) is 0 Å². The van der Waals surface area contributed by atoms with Crippen LogP contribution >= 0.6 is 27.3 Å². The third-order valence-electron chi connectivity index (χ3n) is 3.70. The van der Waals surface area contributed by atoms with Crippen molar-refractivity contribution in [2.75, 3.05) is 6.54 Å². The molecule has 20 heavy (non-hydrogen) atoms. The molecule has 1 aromatic heterocycles. The number of carbonyl (C=O) groups is 1. The molecule has 0 saturated carbocycles. The zero-order chi connectivity index (χ0) is 14.8. The molecular formula is C16H24BrNOS. The Morgan fingerprint density at radius 1 is 1.55 bits per heavy atom. The van der Waals surface area contributed by atoms with Gasteiger partial charge in [-0.2, -0.15) is 0 Å². The van der Waals surface area contributed by atoms with Crippen molar-refractivity contribution in [1.82, 2.24) is 5.32 Å². The fourth-order valence-electron chi connectivity index (χ4n) is 2.83. The summed E-state index contributed by atoms with van der Waals surface area (Å²) in [5.74, 6) is 0.266. The summed E-state index contributed by atoms with van der Waals surface area (Å²) in [5.41, 5.74) is 1.55. The van der Waals surface area contributed by atoms with Gasteiger partial charge in [-0.1, -0.05) is 36.7 Å². The van der Waals surface area contributed by atoms with Crippen LogP contribution in [0.5, 0.6) is 0 Å². The summed E-state index contributed by atoms with van der Waals surface area (Å²) in [7, 11) is 0. The summed E-state index contributed by atoms with van der Waals surface area (Å²) < 4.78 is 0. The molecule has 2 atom stereocenters. The van der Waals surface area contributed by atoms with Gasteiger partial charge < -0.3 is 5.32 Å². The van der Waals surface area contributed by atoms with Crippen molar-refractivity contribution in [2.24, 2.45) is 5.41 Å². The number of amides is 1. The van der Waals surface area contributed by atoms with Crippen LogP contribution < -0.4 is 5.32 Å². The first-order valence-electron chi connectivity index (χ1n) is 7.35. The number of nitrogens with one attached hydrogen (secondary N) is 1. The van der Waals surface area contributed by atoms with E-state index in [0.717, 1.165) is 25.7 Å². The van der Waals surface area contributed by atoms with Crippen LogP contribution in [0.4, 0.5) is 0 Å². The third kappa shape index (κ3) is 4.32. The number of fused-ring (bicyclic) bond motifs is 1. The zero-order valence-corrected chi connectivity index (χ0v) is 14.9. The Bertz CT molecular complexity index is 463. The highest BCUT2D eigenvalue weighted by Crippen LogP contribution is 2.35. The number of carbonyl (C=O) groups excluding carboxylic acids is 1. The second-order valence-corrected chi connectivity index (χ2v) is 9.15. The third-order valence-corrected chi connectivity index (χ3v) is 5.34. The summed E-state index contributed by atoms with van der Waals surface area (Å²) >= 11 is 5.47. The number of hydrogen-bond donors (Lipinski definition) is 1. The Hall–Kier alpha value is -0.350. The molecule has 0 fully saturated rings. The molecule has 2 rings (SSSR count). The maximum Gasteiger partial charge on any atom is 0.227 e. The van der Waals surface area contributed by atoms with Gasteiger partial charge in [-0.25, -0.2) is 0 Å². The van der Waals surface area contributed by atoms with Gasteiger partial charge in [-0.05, 0) is 48.1 Å². The van der Waals surface area contributed by atoms with E-state index in [9.17, 15) is 4.79 Å². The van der Waals surface area contributed by atoms with Crippen molar-refractivity contribution in [3.8, 4) is 0 Å². The average Bonchev–Trinajstić information content (AvgIpc) is 2.81. The molecule has 1 N–H and O–H groups in total. The van der Waals surface area contributed by atoms with E-state index in [0.29, 0.717) is 11.4 Å². The lowest BCUT2D eigenvalue weighted by molar-refractivity contribution is -0.122. The van der Waals surface area contributed by atoms with E-state index in [1.165, 1.54) is 10.4 Å². The molecule has 1 aromatic rings. The number of alkyl halides is 1. The molecule has 2 nitrogen and oxygen atoms in total. The molecule has 0 spiro atoms. The van der Waals surface area contributed by atoms with Gasteiger partial charge in [0.25, 0.3) is 0 Å². The number of hydrogen-bond acceptors (Lipinski definition) is 2. The number of rotatable bonds is 4. The van der Waals surface area contributed by atoms with Gasteiger partial charge >= 0.3 is 0 Å². The number of halogens is 1. The fourth-order valence-corrected chi connectivity index (χ4v) is 4.95. The molecule has 1 heterocycles. The first-order chi connectivity index (χ1) is 9.37. The quantitative estimate of drug-likeness (QED) is 0.790.